The Labute approximate surface area is 163 Å². The van der Waals surface area contributed by atoms with Gasteiger partial charge >= 0.3 is 0 Å². The van der Waals surface area contributed by atoms with Gasteiger partial charge in [0, 0.05) is 17.5 Å². The van der Waals surface area contributed by atoms with Gasteiger partial charge in [-0.15, -0.1) is 0 Å². The predicted molar refractivity (Wildman–Crippen MR) is 111 cm³/mol. The van der Waals surface area contributed by atoms with Gasteiger partial charge in [-0.25, -0.2) is 0 Å². The van der Waals surface area contributed by atoms with Crippen molar-refractivity contribution in [2.45, 2.75) is 49.8 Å². The number of hydrogen-bond acceptors (Lipinski definition) is 4. The standard InChI is InChI=1S/C21H23N3O2S/c25-19(23-17-12-6-8-14-7-4-5-11-16(14)17)13-18-20(26)24-21(27-18)22-15-9-2-1-3-10-15/h4-8,11-12,15,18H,1-3,9-10,13H2,(H,23,25)(H,22,24,26). The van der Waals surface area contributed by atoms with Crippen molar-refractivity contribution in [3.8, 4) is 0 Å². The first kappa shape index (κ1) is 18.0. The van der Waals surface area contributed by atoms with E-state index in [1.807, 2.05) is 42.5 Å². The summed E-state index contributed by atoms with van der Waals surface area (Å²) >= 11 is 1.38. The van der Waals surface area contributed by atoms with E-state index in [1.165, 1.54) is 31.0 Å². The maximum absolute atomic E-state index is 12.5. The van der Waals surface area contributed by atoms with Crippen molar-refractivity contribution in [3.05, 3.63) is 42.5 Å². The van der Waals surface area contributed by atoms with Crippen LogP contribution in [0.3, 0.4) is 0 Å². The van der Waals surface area contributed by atoms with E-state index in [0.717, 1.165) is 29.3 Å². The number of nitrogens with one attached hydrogen (secondary N) is 2. The Hall–Kier alpha value is -2.34. The van der Waals surface area contributed by atoms with Gasteiger partial charge in [0.2, 0.25) is 11.8 Å². The average Bonchev–Trinajstić information content (AvgIpc) is 3.01. The molecule has 27 heavy (non-hydrogen) atoms. The number of thioether (sulfide) groups is 1. The van der Waals surface area contributed by atoms with E-state index in [1.54, 1.807) is 0 Å². The molecule has 2 fully saturated rings. The highest BCUT2D eigenvalue weighted by molar-refractivity contribution is 8.15. The first-order valence-corrected chi connectivity index (χ1v) is 10.4. The molecule has 140 valence electrons. The molecule has 0 radical (unpaired) electrons. The number of rotatable bonds is 4. The highest BCUT2D eigenvalue weighted by Crippen LogP contribution is 2.28. The number of benzene rings is 2. The van der Waals surface area contributed by atoms with Crippen molar-refractivity contribution >= 4 is 45.2 Å². The average molecular weight is 382 g/mol. The molecule has 1 aliphatic heterocycles. The molecule has 2 amide bonds. The minimum atomic E-state index is -0.415. The van der Waals surface area contributed by atoms with Crippen molar-refractivity contribution in [2.75, 3.05) is 5.32 Å². The minimum Gasteiger partial charge on any atom is -0.325 e. The van der Waals surface area contributed by atoms with E-state index < -0.39 is 5.25 Å². The molecule has 2 aromatic rings. The van der Waals surface area contributed by atoms with Gasteiger partial charge in [0.15, 0.2) is 5.17 Å². The molecule has 1 heterocycles. The molecule has 5 nitrogen and oxygen atoms in total. The van der Waals surface area contributed by atoms with E-state index in [2.05, 4.69) is 15.6 Å². The van der Waals surface area contributed by atoms with Crippen LogP contribution in [-0.4, -0.2) is 28.3 Å². The number of fused-ring (bicyclic) bond motifs is 1. The van der Waals surface area contributed by atoms with Crippen LogP contribution in [0.4, 0.5) is 5.69 Å². The van der Waals surface area contributed by atoms with Crippen LogP contribution >= 0.6 is 11.8 Å². The number of aliphatic imine (C=N–C) groups is 1. The Morgan fingerprint density at radius 1 is 1.11 bits per heavy atom. The van der Waals surface area contributed by atoms with Gasteiger partial charge in [-0.3, -0.25) is 14.6 Å². The Balaban J connectivity index is 1.39. The molecule has 2 aliphatic rings. The SMILES string of the molecule is O=C(CC1SC(=NC2CCCCC2)NC1=O)Nc1cccc2ccccc12. The zero-order chi connectivity index (χ0) is 18.6. The predicted octanol–water partition coefficient (Wildman–Crippen LogP) is 4.09. The molecule has 6 heteroatoms. The molecular formula is C21H23N3O2S. The summed E-state index contributed by atoms with van der Waals surface area (Å²) in [4.78, 5) is 29.4. The summed E-state index contributed by atoms with van der Waals surface area (Å²) in [5, 5.41) is 8.13. The zero-order valence-electron chi connectivity index (χ0n) is 15.1. The van der Waals surface area contributed by atoms with Gasteiger partial charge in [0.25, 0.3) is 0 Å². The Kier molecular flexibility index (Phi) is 5.43. The lowest BCUT2D eigenvalue weighted by Crippen LogP contribution is -2.28. The first-order chi connectivity index (χ1) is 13.2. The van der Waals surface area contributed by atoms with E-state index in [9.17, 15) is 9.59 Å². The van der Waals surface area contributed by atoms with Gasteiger partial charge in [0.05, 0.1) is 6.04 Å². The maximum Gasteiger partial charge on any atom is 0.240 e. The third-order valence-electron chi connectivity index (χ3n) is 5.09. The van der Waals surface area contributed by atoms with Crippen LogP contribution in [0.5, 0.6) is 0 Å². The summed E-state index contributed by atoms with van der Waals surface area (Å²) in [5.41, 5.74) is 0.776. The first-order valence-electron chi connectivity index (χ1n) is 9.52. The molecule has 4 rings (SSSR count). The molecule has 0 aromatic heterocycles. The second-order valence-corrected chi connectivity index (χ2v) is 8.29. The molecule has 2 N–H and O–H groups in total. The normalized spacial score (nSPS) is 22.1. The number of carbonyl (C=O) groups is 2. The summed E-state index contributed by atoms with van der Waals surface area (Å²) < 4.78 is 0. The van der Waals surface area contributed by atoms with Crippen LogP contribution in [0, 0.1) is 0 Å². The molecule has 1 atom stereocenters. The fourth-order valence-corrected chi connectivity index (χ4v) is 4.72. The minimum absolute atomic E-state index is 0.123. The third-order valence-corrected chi connectivity index (χ3v) is 6.18. The largest absolute Gasteiger partial charge is 0.325 e. The number of carbonyl (C=O) groups excluding carboxylic acids is 2. The van der Waals surface area contributed by atoms with Gasteiger partial charge in [-0.05, 0) is 24.3 Å². The van der Waals surface area contributed by atoms with E-state index >= 15 is 0 Å². The highest BCUT2D eigenvalue weighted by Gasteiger charge is 2.32. The molecule has 2 aromatic carbocycles. The summed E-state index contributed by atoms with van der Waals surface area (Å²) in [6, 6.07) is 14.1. The van der Waals surface area contributed by atoms with Crippen LogP contribution in [-0.2, 0) is 9.59 Å². The van der Waals surface area contributed by atoms with Crippen molar-refractivity contribution in [3.63, 3.8) is 0 Å². The fourth-order valence-electron chi connectivity index (χ4n) is 3.68. The van der Waals surface area contributed by atoms with Crippen LogP contribution in [0.2, 0.25) is 0 Å². The molecule has 1 saturated heterocycles. The third kappa shape index (κ3) is 4.33. The lowest BCUT2D eigenvalue weighted by Gasteiger charge is -2.17. The lowest BCUT2D eigenvalue weighted by molar-refractivity contribution is -0.122. The second-order valence-electron chi connectivity index (χ2n) is 7.10. The molecule has 1 unspecified atom stereocenters. The molecule has 0 spiro atoms. The fraction of sp³-hybridized carbons (Fsp3) is 0.381. The summed E-state index contributed by atoms with van der Waals surface area (Å²) in [6.45, 7) is 0. The Bertz CT molecular complexity index is 885. The molecule has 1 aliphatic carbocycles. The van der Waals surface area contributed by atoms with E-state index in [0.29, 0.717) is 11.2 Å². The van der Waals surface area contributed by atoms with Crippen LogP contribution in [0.15, 0.2) is 47.5 Å². The van der Waals surface area contributed by atoms with Crippen LogP contribution in [0.25, 0.3) is 10.8 Å². The van der Waals surface area contributed by atoms with E-state index in [-0.39, 0.29) is 18.2 Å². The Morgan fingerprint density at radius 2 is 1.89 bits per heavy atom. The van der Waals surface area contributed by atoms with Gasteiger partial charge in [-0.1, -0.05) is 67.4 Å². The van der Waals surface area contributed by atoms with Crippen molar-refractivity contribution < 1.29 is 9.59 Å². The number of nitrogens with zero attached hydrogens (tertiary/aromatic N) is 1. The summed E-state index contributed by atoms with van der Waals surface area (Å²) in [5.74, 6) is -0.277. The zero-order valence-corrected chi connectivity index (χ0v) is 15.9. The number of hydrogen-bond donors (Lipinski definition) is 2. The molecular weight excluding hydrogens is 358 g/mol. The van der Waals surface area contributed by atoms with Crippen molar-refractivity contribution in [1.29, 1.82) is 0 Å². The monoisotopic (exact) mass is 381 g/mol. The van der Waals surface area contributed by atoms with Gasteiger partial charge < -0.3 is 10.6 Å². The van der Waals surface area contributed by atoms with Crippen molar-refractivity contribution in [2.24, 2.45) is 4.99 Å². The smallest absolute Gasteiger partial charge is 0.240 e. The summed E-state index contributed by atoms with van der Waals surface area (Å²) in [6.07, 6.45) is 6.01. The van der Waals surface area contributed by atoms with Gasteiger partial charge in [-0.2, -0.15) is 0 Å². The van der Waals surface area contributed by atoms with Crippen LogP contribution in [0.1, 0.15) is 38.5 Å². The number of amides is 2. The topological polar surface area (TPSA) is 70.6 Å². The lowest BCUT2D eigenvalue weighted by atomic mass is 9.96. The molecule has 1 saturated carbocycles. The summed E-state index contributed by atoms with van der Waals surface area (Å²) in [7, 11) is 0. The number of anilines is 1. The second kappa shape index (κ2) is 8.13. The maximum atomic E-state index is 12.5. The van der Waals surface area contributed by atoms with E-state index in [4.69, 9.17) is 0 Å². The number of amidine groups is 1. The Morgan fingerprint density at radius 3 is 2.74 bits per heavy atom. The van der Waals surface area contributed by atoms with Crippen molar-refractivity contribution in [1.82, 2.24) is 5.32 Å². The molecule has 0 bridgehead atoms. The highest BCUT2D eigenvalue weighted by atomic mass is 32.2. The van der Waals surface area contributed by atoms with Gasteiger partial charge in [0.1, 0.15) is 5.25 Å². The van der Waals surface area contributed by atoms with Crippen LogP contribution < -0.4 is 10.6 Å². The quantitative estimate of drug-likeness (QED) is 0.838.